The van der Waals surface area contributed by atoms with Crippen LogP contribution in [-0.2, 0) is 16.0 Å². The number of carbonyl (C=O) groups excluding carboxylic acids is 2. The van der Waals surface area contributed by atoms with Crippen molar-refractivity contribution in [1.82, 2.24) is 5.32 Å². The van der Waals surface area contributed by atoms with E-state index in [9.17, 15) is 9.59 Å². The topological polar surface area (TPSA) is 67.1 Å². The van der Waals surface area contributed by atoms with Gasteiger partial charge in [-0.1, -0.05) is 54.1 Å². The van der Waals surface area contributed by atoms with E-state index in [0.29, 0.717) is 30.3 Å². The van der Waals surface area contributed by atoms with Crippen molar-refractivity contribution in [3.8, 4) is 0 Å². The highest BCUT2D eigenvalue weighted by Gasteiger charge is 2.26. The lowest BCUT2D eigenvalue weighted by Gasteiger charge is -2.29. The second-order valence-electron chi connectivity index (χ2n) is 7.47. The van der Waals surface area contributed by atoms with Crippen molar-refractivity contribution >= 4 is 29.1 Å². The number of para-hydroxylation sites is 1. The van der Waals surface area contributed by atoms with Gasteiger partial charge in [-0.05, 0) is 24.1 Å². The molecule has 7 heteroatoms. The Kier molecular flexibility index (Phi) is 8.04. The van der Waals surface area contributed by atoms with E-state index in [4.69, 9.17) is 11.6 Å². The number of quaternary nitrogens is 2. The van der Waals surface area contributed by atoms with Crippen LogP contribution in [0.4, 0.5) is 5.69 Å². The molecule has 0 atom stereocenters. The van der Waals surface area contributed by atoms with Crippen molar-refractivity contribution in [2.45, 2.75) is 6.42 Å². The van der Waals surface area contributed by atoms with Crippen molar-refractivity contribution in [3.05, 3.63) is 65.2 Å². The smallest absolute Gasteiger partial charge is 0.279 e. The zero-order valence-electron chi connectivity index (χ0n) is 16.5. The van der Waals surface area contributed by atoms with Crippen molar-refractivity contribution in [2.24, 2.45) is 0 Å². The largest absolute Gasteiger partial charge is 0.351 e. The highest BCUT2D eigenvalue weighted by molar-refractivity contribution is 6.33. The van der Waals surface area contributed by atoms with Crippen molar-refractivity contribution < 1.29 is 19.4 Å². The van der Waals surface area contributed by atoms with Crippen molar-refractivity contribution in [1.29, 1.82) is 0 Å². The van der Waals surface area contributed by atoms with Crippen LogP contribution in [0.15, 0.2) is 54.6 Å². The van der Waals surface area contributed by atoms with Crippen LogP contribution in [0.5, 0.6) is 0 Å². The number of benzene rings is 2. The highest BCUT2D eigenvalue weighted by Crippen LogP contribution is 2.19. The lowest BCUT2D eigenvalue weighted by molar-refractivity contribution is -1.00. The summed E-state index contributed by atoms with van der Waals surface area (Å²) in [5, 5.41) is 6.43. The van der Waals surface area contributed by atoms with Crippen molar-refractivity contribution in [2.75, 3.05) is 51.1 Å². The molecule has 2 aromatic carbocycles. The summed E-state index contributed by atoms with van der Waals surface area (Å²) >= 11 is 6.09. The summed E-state index contributed by atoms with van der Waals surface area (Å²) in [6.07, 6.45) is 0.848. The predicted octanol–water partition coefficient (Wildman–Crippen LogP) is -0.579. The molecule has 6 nitrogen and oxygen atoms in total. The fourth-order valence-electron chi connectivity index (χ4n) is 3.58. The molecule has 1 saturated heterocycles. The van der Waals surface area contributed by atoms with E-state index in [1.807, 2.05) is 30.3 Å². The van der Waals surface area contributed by atoms with Gasteiger partial charge in [-0.25, -0.2) is 0 Å². The van der Waals surface area contributed by atoms with Gasteiger partial charge in [0.05, 0.1) is 10.7 Å². The second-order valence-corrected chi connectivity index (χ2v) is 7.87. The Labute approximate surface area is 176 Å². The fourth-order valence-corrected chi connectivity index (χ4v) is 3.76. The van der Waals surface area contributed by atoms with E-state index in [0.717, 1.165) is 32.6 Å². The van der Waals surface area contributed by atoms with Crippen LogP contribution < -0.4 is 20.4 Å². The summed E-state index contributed by atoms with van der Waals surface area (Å²) in [4.78, 5) is 27.0. The standard InChI is InChI=1S/C22H27ClN4O2/c23-19-8-4-5-9-20(19)25-22(29)17-27-14-12-26(13-15-27)16-21(28)24-11-10-18-6-2-1-3-7-18/h1-9H,10-17H2,(H,24,28)(H,25,29)/p+2. The molecule has 1 aliphatic heterocycles. The number of nitrogens with one attached hydrogen (secondary N) is 4. The van der Waals surface area contributed by atoms with Crippen molar-refractivity contribution in [3.63, 3.8) is 0 Å². The number of halogens is 1. The third-order valence-electron chi connectivity index (χ3n) is 5.21. The Morgan fingerprint density at radius 1 is 0.828 bits per heavy atom. The minimum absolute atomic E-state index is 0.0322. The number of carbonyl (C=O) groups is 2. The molecule has 0 bridgehead atoms. The molecule has 2 amide bonds. The van der Waals surface area contributed by atoms with Gasteiger partial charge >= 0.3 is 0 Å². The first-order valence-corrected chi connectivity index (χ1v) is 10.5. The van der Waals surface area contributed by atoms with Crippen LogP contribution in [0.25, 0.3) is 0 Å². The molecule has 2 aromatic rings. The normalized spacial score (nSPS) is 18.8. The molecule has 0 saturated carbocycles. The van der Waals surface area contributed by atoms with E-state index in [1.54, 1.807) is 12.1 Å². The van der Waals surface area contributed by atoms with Gasteiger partial charge in [0.15, 0.2) is 13.1 Å². The molecule has 3 rings (SSSR count). The average molecular weight is 417 g/mol. The minimum atomic E-state index is -0.0322. The molecular weight excluding hydrogens is 388 g/mol. The molecule has 0 unspecified atom stereocenters. The molecule has 1 heterocycles. The number of rotatable bonds is 8. The molecule has 1 aliphatic rings. The van der Waals surface area contributed by atoms with Crippen LogP contribution >= 0.6 is 11.6 Å². The quantitative estimate of drug-likeness (QED) is 0.465. The number of hydrogen-bond acceptors (Lipinski definition) is 2. The Morgan fingerprint density at radius 3 is 2.07 bits per heavy atom. The number of anilines is 1. The van der Waals surface area contributed by atoms with Crippen LogP contribution in [-0.4, -0.2) is 57.6 Å². The molecule has 0 spiro atoms. The van der Waals surface area contributed by atoms with Gasteiger partial charge in [0.1, 0.15) is 26.2 Å². The van der Waals surface area contributed by atoms with Gasteiger partial charge in [-0.2, -0.15) is 0 Å². The minimum Gasteiger partial charge on any atom is -0.351 e. The highest BCUT2D eigenvalue weighted by atomic mass is 35.5. The Morgan fingerprint density at radius 2 is 1.41 bits per heavy atom. The van der Waals surface area contributed by atoms with E-state index >= 15 is 0 Å². The third kappa shape index (κ3) is 7.16. The zero-order valence-corrected chi connectivity index (χ0v) is 17.3. The maximum Gasteiger partial charge on any atom is 0.279 e. The molecule has 29 heavy (non-hydrogen) atoms. The lowest BCUT2D eigenvalue weighted by atomic mass is 10.1. The number of piperazine rings is 1. The number of hydrogen-bond donors (Lipinski definition) is 4. The Hall–Kier alpha value is -2.41. The van der Waals surface area contributed by atoms with E-state index in [2.05, 4.69) is 22.8 Å². The maximum absolute atomic E-state index is 12.3. The van der Waals surface area contributed by atoms with Gasteiger partial charge in [0, 0.05) is 6.54 Å². The van der Waals surface area contributed by atoms with Gasteiger partial charge < -0.3 is 20.4 Å². The SMILES string of the molecule is O=C(C[NH+]1CC[NH+](CC(=O)Nc2ccccc2Cl)CC1)NCCc1ccccc1. The van der Waals surface area contributed by atoms with E-state index in [1.165, 1.54) is 15.4 Å². The first kappa shape index (κ1) is 21.3. The Balaban J connectivity index is 1.32. The molecule has 0 aliphatic carbocycles. The van der Waals surface area contributed by atoms with E-state index < -0.39 is 0 Å². The average Bonchev–Trinajstić information content (AvgIpc) is 2.72. The molecule has 0 radical (unpaired) electrons. The summed E-state index contributed by atoms with van der Waals surface area (Å²) in [5.74, 6) is 0.0612. The van der Waals surface area contributed by atoms with Crippen LogP contribution in [0.3, 0.4) is 0 Å². The second kappa shape index (κ2) is 11.0. The Bertz CT molecular complexity index is 807. The zero-order chi connectivity index (χ0) is 20.5. The van der Waals surface area contributed by atoms with Gasteiger partial charge in [-0.3, -0.25) is 9.59 Å². The summed E-state index contributed by atoms with van der Waals surface area (Å²) in [6, 6.07) is 17.4. The van der Waals surface area contributed by atoms with Crippen LogP contribution in [0.2, 0.25) is 5.02 Å². The van der Waals surface area contributed by atoms with Crippen LogP contribution in [0, 0.1) is 0 Å². The maximum atomic E-state index is 12.3. The van der Waals surface area contributed by atoms with Gasteiger partial charge in [0.25, 0.3) is 11.8 Å². The fraction of sp³-hybridized carbons (Fsp3) is 0.364. The lowest BCUT2D eigenvalue weighted by Crippen LogP contribution is -3.28. The molecule has 154 valence electrons. The third-order valence-corrected chi connectivity index (χ3v) is 5.54. The predicted molar refractivity (Wildman–Crippen MR) is 114 cm³/mol. The van der Waals surface area contributed by atoms with E-state index in [-0.39, 0.29) is 11.8 Å². The first-order chi connectivity index (χ1) is 14.1. The summed E-state index contributed by atoms with van der Waals surface area (Å²) in [6.45, 7) is 5.11. The monoisotopic (exact) mass is 416 g/mol. The van der Waals surface area contributed by atoms with Crippen LogP contribution in [0.1, 0.15) is 5.56 Å². The number of amides is 2. The molecular formula is C22H29ClN4O2+2. The first-order valence-electron chi connectivity index (χ1n) is 10.1. The molecule has 0 aromatic heterocycles. The molecule has 4 N–H and O–H groups in total. The summed E-state index contributed by atoms with van der Waals surface area (Å²) in [5.41, 5.74) is 1.88. The van der Waals surface area contributed by atoms with Gasteiger partial charge in [0.2, 0.25) is 0 Å². The molecule has 1 fully saturated rings. The summed E-state index contributed by atoms with van der Waals surface area (Å²) in [7, 11) is 0. The van der Waals surface area contributed by atoms with Gasteiger partial charge in [-0.15, -0.1) is 0 Å². The summed E-state index contributed by atoms with van der Waals surface area (Å²) < 4.78 is 0.